The van der Waals surface area contributed by atoms with Crippen molar-refractivity contribution >= 4 is 23.4 Å². The van der Waals surface area contributed by atoms with Crippen LogP contribution in [0.25, 0.3) is 0 Å². The van der Waals surface area contributed by atoms with Gasteiger partial charge >= 0.3 is 5.97 Å². The topological polar surface area (TPSA) is 104 Å². The Balaban J connectivity index is 1.74. The Hall–Kier alpha value is -3.47. The summed E-state index contributed by atoms with van der Waals surface area (Å²) in [6.07, 6.45) is 2.48. The van der Waals surface area contributed by atoms with Gasteiger partial charge in [0.1, 0.15) is 11.6 Å². The second-order valence-corrected chi connectivity index (χ2v) is 7.53. The monoisotopic (exact) mass is 410 g/mol. The molecule has 1 aliphatic heterocycles. The lowest BCUT2D eigenvalue weighted by molar-refractivity contribution is -0.149. The fraction of sp³-hybridized carbons (Fsp3) is 0.364. The van der Waals surface area contributed by atoms with Crippen LogP contribution in [-0.2, 0) is 9.53 Å². The van der Waals surface area contributed by atoms with Gasteiger partial charge in [0.15, 0.2) is 0 Å². The molecule has 1 saturated heterocycles. The number of cyclic esters (lactones) is 1. The molecule has 2 N–H and O–H groups in total. The van der Waals surface area contributed by atoms with Gasteiger partial charge in [-0.05, 0) is 48.1 Å². The van der Waals surface area contributed by atoms with Gasteiger partial charge in [0.2, 0.25) is 0 Å². The Morgan fingerprint density at radius 3 is 2.87 bits per heavy atom. The Morgan fingerprint density at radius 1 is 1.40 bits per heavy atom. The number of amides is 1. The van der Waals surface area contributed by atoms with E-state index in [0.717, 1.165) is 18.1 Å². The molecule has 7 nitrogen and oxygen atoms in total. The van der Waals surface area contributed by atoms with Crippen molar-refractivity contribution in [2.45, 2.75) is 32.6 Å². The molecular weight excluding hydrogens is 387 g/mol. The number of carbonyl (C=O) groups is 2. The second-order valence-electron chi connectivity index (χ2n) is 7.53. The summed E-state index contributed by atoms with van der Waals surface area (Å²) >= 11 is 0. The van der Waals surface area contributed by atoms with Crippen molar-refractivity contribution in [1.29, 1.82) is 5.26 Å². The zero-order valence-electron chi connectivity index (χ0n) is 16.9. The van der Waals surface area contributed by atoms with E-state index in [9.17, 15) is 14.0 Å². The summed E-state index contributed by atoms with van der Waals surface area (Å²) in [6.45, 7) is 4.68. The van der Waals surface area contributed by atoms with E-state index in [1.807, 2.05) is 19.9 Å². The van der Waals surface area contributed by atoms with Crippen LogP contribution in [0.2, 0.25) is 0 Å². The van der Waals surface area contributed by atoms with Gasteiger partial charge in [0.25, 0.3) is 5.91 Å². The van der Waals surface area contributed by atoms with E-state index in [-0.39, 0.29) is 35.0 Å². The van der Waals surface area contributed by atoms with Crippen molar-refractivity contribution in [3.63, 3.8) is 0 Å². The number of nitrogens with zero attached hydrogens (tertiary/aromatic N) is 2. The first kappa shape index (κ1) is 21.2. The first-order valence-corrected chi connectivity index (χ1v) is 9.77. The van der Waals surface area contributed by atoms with Gasteiger partial charge in [0.05, 0.1) is 35.9 Å². The highest BCUT2D eigenvalue weighted by molar-refractivity contribution is 5.96. The minimum absolute atomic E-state index is 0.0322. The number of carbonyl (C=O) groups excluding carboxylic acids is 2. The molecule has 0 radical (unpaired) electrons. The number of hydrogen-bond donors (Lipinski definition) is 2. The Labute approximate surface area is 174 Å². The van der Waals surface area contributed by atoms with Crippen molar-refractivity contribution in [1.82, 2.24) is 10.3 Å². The molecule has 156 valence electrons. The smallest absolute Gasteiger partial charge is 0.306 e. The van der Waals surface area contributed by atoms with Crippen LogP contribution in [0.5, 0.6) is 0 Å². The highest BCUT2D eigenvalue weighted by atomic mass is 19.1. The largest absolute Gasteiger partial charge is 0.466 e. The number of rotatable bonds is 6. The van der Waals surface area contributed by atoms with Crippen LogP contribution in [-0.4, -0.2) is 30.0 Å². The van der Waals surface area contributed by atoms with E-state index in [2.05, 4.69) is 15.6 Å². The predicted molar refractivity (Wildman–Crippen MR) is 109 cm³/mol. The van der Waals surface area contributed by atoms with Gasteiger partial charge < -0.3 is 15.4 Å². The lowest BCUT2D eigenvalue weighted by Crippen LogP contribution is -2.34. The van der Waals surface area contributed by atoms with E-state index in [1.165, 1.54) is 18.3 Å². The third-order valence-electron chi connectivity index (χ3n) is 4.96. The zero-order valence-corrected chi connectivity index (χ0v) is 16.9. The number of hydrogen-bond acceptors (Lipinski definition) is 6. The molecule has 1 atom stereocenters. The average Bonchev–Trinajstić information content (AvgIpc) is 2.73. The maximum Gasteiger partial charge on any atom is 0.306 e. The molecular formula is C22H23FN4O3. The van der Waals surface area contributed by atoms with Crippen LogP contribution in [0.3, 0.4) is 0 Å². The molecule has 2 heterocycles. The molecule has 1 unspecified atom stereocenters. The second kappa shape index (κ2) is 9.35. The molecule has 2 aromatic rings. The lowest BCUT2D eigenvalue weighted by atomic mass is 9.97. The van der Waals surface area contributed by atoms with Crippen molar-refractivity contribution in [2.24, 2.45) is 5.92 Å². The van der Waals surface area contributed by atoms with Crippen LogP contribution in [0.4, 0.5) is 15.9 Å². The highest BCUT2D eigenvalue weighted by Crippen LogP contribution is 2.25. The van der Waals surface area contributed by atoms with E-state index < -0.39 is 5.82 Å². The summed E-state index contributed by atoms with van der Waals surface area (Å²) in [6, 6.07) is 7.74. The number of pyridine rings is 1. The lowest BCUT2D eigenvalue weighted by Gasteiger charge is -2.22. The number of aromatic nitrogens is 1. The molecule has 0 bridgehead atoms. The molecule has 1 aliphatic rings. The fourth-order valence-corrected chi connectivity index (χ4v) is 3.27. The molecule has 1 aromatic heterocycles. The molecule has 30 heavy (non-hydrogen) atoms. The van der Waals surface area contributed by atoms with Crippen molar-refractivity contribution in [3.8, 4) is 6.07 Å². The number of benzene rings is 1. The van der Waals surface area contributed by atoms with Crippen molar-refractivity contribution < 1.29 is 18.7 Å². The van der Waals surface area contributed by atoms with Crippen LogP contribution in [0.1, 0.15) is 54.1 Å². The van der Waals surface area contributed by atoms with Crippen molar-refractivity contribution in [2.75, 3.05) is 18.5 Å². The third-order valence-corrected chi connectivity index (χ3v) is 4.96. The number of halogens is 1. The highest BCUT2D eigenvalue weighted by Gasteiger charge is 2.22. The molecule has 1 amide bonds. The van der Waals surface area contributed by atoms with E-state index in [0.29, 0.717) is 31.0 Å². The van der Waals surface area contributed by atoms with Gasteiger partial charge in [-0.2, -0.15) is 5.26 Å². The van der Waals surface area contributed by atoms with Gasteiger partial charge in [-0.3, -0.25) is 9.59 Å². The molecule has 0 saturated carbocycles. The van der Waals surface area contributed by atoms with Gasteiger partial charge in [0, 0.05) is 12.7 Å². The first-order chi connectivity index (χ1) is 14.4. The normalized spacial score (nSPS) is 16.0. The number of nitrogens with one attached hydrogen (secondary N) is 2. The molecule has 8 heteroatoms. The number of nitriles is 1. The molecule has 3 rings (SSSR count). The van der Waals surface area contributed by atoms with E-state index in [4.69, 9.17) is 10.00 Å². The standard InChI is InChI=1S/C22H23FN4O3/c1-13(2)16-9-20(27-19-4-3-14(10-24)7-18(19)23)25-12-17(16)22(29)26-11-15-5-6-30-21(28)8-15/h3-4,7,9,12-13,15H,5-6,8,11H2,1-2H3,(H,25,27)(H,26,29). The third kappa shape index (κ3) is 5.11. The zero-order chi connectivity index (χ0) is 21.7. The van der Waals surface area contributed by atoms with Crippen LogP contribution in [0, 0.1) is 23.1 Å². The summed E-state index contributed by atoms with van der Waals surface area (Å²) in [4.78, 5) is 28.3. The predicted octanol–water partition coefficient (Wildman–Crippen LogP) is 3.64. The Morgan fingerprint density at radius 2 is 2.20 bits per heavy atom. The molecule has 1 aromatic carbocycles. The summed E-state index contributed by atoms with van der Waals surface area (Å²) < 4.78 is 19.1. The van der Waals surface area contributed by atoms with Gasteiger partial charge in [-0.1, -0.05) is 13.8 Å². The van der Waals surface area contributed by atoms with Gasteiger partial charge in [-0.25, -0.2) is 9.37 Å². The molecule has 1 fully saturated rings. The fourth-order valence-electron chi connectivity index (χ4n) is 3.27. The van der Waals surface area contributed by atoms with E-state index in [1.54, 1.807) is 6.07 Å². The maximum absolute atomic E-state index is 14.2. The van der Waals surface area contributed by atoms with E-state index >= 15 is 0 Å². The summed E-state index contributed by atoms with van der Waals surface area (Å²) in [7, 11) is 0. The maximum atomic E-state index is 14.2. The van der Waals surface area contributed by atoms with Crippen molar-refractivity contribution in [3.05, 3.63) is 53.0 Å². The summed E-state index contributed by atoms with van der Waals surface area (Å²) in [5, 5.41) is 14.6. The first-order valence-electron chi connectivity index (χ1n) is 9.77. The summed E-state index contributed by atoms with van der Waals surface area (Å²) in [5.74, 6) is -0.573. The molecule has 0 spiro atoms. The van der Waals surface area contributed by atoms with Crippen LogP contribution >= 0.6 is 0 Å². The minimum Gasteiger partial charge on any atom is -0.466 e. The average molecular weight is 410 g/mol. The summed E-state index contributed by atoms with van der Waals surface area (Å²) in [5.41, 5.74) is 1.63. The molecule has 0 aliphatic carbocycles. The Bertz CT molecular complexity index is 1000. The van der Waals surface area contributed by atoms with Gasteiger partial charge in [-0.15, -0.1) is 0 Å². The number of esters is 1. The quantitative estimate of drug-likeness (QED) is 0.705. The SMILES string of the molecule is CC(C)c1cc(Nc2ccc(C#N)cc2F)ncc1C(=O)NCC1CCOC(=O)C1. The minimum atomic E-state index is -0.560. The number of ether oxygens (including phenoxy) is 1. The number of anilines is 2. The van der Waals surface area contributed by atoms with Crippen LogP contribution < -0.4 is 10.6 Å². The Kier molecular flexibility index (Phi) is 6.62. The van der Waals surface area contributed by atoms with Crippen LogP contribution in [0.15, 0.2) is 30.5 Å².